The first-order chi connectivity index (χ1) is 10.5. The van der Waals surface area contributed by atoms with Gasteiger partial charge in [-0.2, -0.15) is 0 Å². The normalized spacial score (nSPS) is 10.7. The van der Waals surface area contributed by atoms with Crippen LogP contribution in [0.4, 0.5) is 0 Å². The molecular formula is C19H23NO2. The van der Waals surface area contributed by atoms with Gasteiger partial charge in [0.2, 0.25) is 0 Å². The molecule has 3 heteroatoms. The maximum atomic E-state index is 11.0. The van der Waals surface area contributed by atoms with E-state index < -0.39 is 5.97 Å². The van der Waals surface area contributed by atoms with Crippen molar-refractivity contribution >= 4 is 5.97 Å². The van der Waals surface area contributed by atoms with Gasteiger partial charge < -0.3 is 10.4 Å². The SMILES string of the molecule is Cc1cc(C)c(CCNCc2cccc(C(=O)O)c2)c(C)c1. The molecule has 0 saturated carbocycles. The number of hydrogen-bond donors (Lipinski definition) is 2. The molecule has 0 saturated heterocycles. The first-order valence-electron chi connectivity index (χ1n) is 7.57. The predicted molar refractivity (Wildman–Crippen MR) is 89.5 cm³/mol. The van der Waals surface area contributed by atoms with Crippen molar-refractivity contribution in [1.82, 2.24) is 5.32 Å². The van der Waals surface area contributed by atoms with Crippen molar-refractivity contribution in [2.45, 2.75) is 33.7 Å². The average Bonchev–Trinajstić information content (AvgIpc) is 2.45. The van der Waals surface area contributed by atoms with Crippen LogP contribution in [0.1, 0.15) is 38.2 Å². The fourth-order valence-corrected chi connectivity index (χ4v) is 2.86. The first-order valence-corrected chi connectivity index (χ1v) is 7.57. The number of carbonyl (C=O) groups is 1. The number of aryl methyl sites for hydroxylation is 3. The second-order valence-corrected chi connectivity index (χ2v) is 5.81. The van der Waals surface area contributed by atoms with Crippen LogP contribution >= 0.6 is 0 Å². The van der Waals surface area contributed by atoms with Gasteiger partial charge in [0.1, 0.15) is 0 Å². The van der Waals surface area contributed by atoms with Crippen molar-refractivity contribution in [1.29, 1.82) is 0 Å². The van der Waals surface area contributed by atoms with Gasteiger partial charge in [-0.1, -0.05) is 29.8 Å². The summed E-state index contributed by atoms with van der Waals surface area (Å²) in [6.07, 6.45) is 0.983. The van der Waals surface area contributed by atoms with Crippen LogP contribution in [0.25, 0.3) is 0 Å². The molecule has 116 valence electrons. The molecular weight excluding hydrogens is 274 g/mol. The van der Waals surface area contributed by atoms with Gasteiger partial charge in [0.05, 0.1) is 5.56 Å². The largest absolute Gasteiger partial charge is 0.478 e. The Morgan fingerprint density at radius 2 is 1.77 bits per heavy atom. The number of carboxylic acids is 1. The van der Waals surface area contributed by atoms with Crippen LogP contribution in [-0.4, -0.2) is 17.6 Å². The summed E-state index contributed by atoms with van der Waals surface area (Å²) in [4.78, 5) is 11.0. The van der Waals surface area contributed by atoms with E-state index in [0.717, 1.165) is 18.5 Å². The van der Waals surface area contributed by atoms with E-state index in [9.17, 15) is 4.79 Å². The highest BCUT2D eigenvalue weighted by Crippen LogP contribution is 2.16. The molecule has 0 spiro atoms. The molecule has 2 aromatic carbocycles. The van der Waals surface area contributed by atoms with Crippen LogP contribution in [-0.2, 0) is 13.0 Å². The van der Waals surface area contributed by atoms with Gasteiger partial charge >= 0.3 is 5.97 Å². The van der Waals surface area contributed by atoms with E-state index in [1.165, 1.54) is 22.3 Å². The van der Waals surface area contributed by atoms with Crippen molar-refractivity contribution in [2.24, 2.45) is 0 Å². The zero-order valence-electron chi connectivity index (χ0n) is 13.4. The molecule has 3 nitrogen and oxygen atoms in total. The van der Waals surface area contributed by atoms with Gasteiger partial charge in [-0.05, 0) is 68.1 Å². The Morgan fingerprint density at radius 1 is 1.09 bits per heavy atom. The summed E-state index contributed by atoms with van der Waals surface area (Å²) in [5.74, 6) is -0.882. The lowest BCUT2D eigenvalue weighted by molar-refractivity contribution is 0.0696. The Bertz CT molecular complexity index is 654. The third-order valence-corrected chi connectivity index (χ3v) is 3.90. The molecule has 0 radical (unpaired) electrons. The number of hydrogen-bond acceptors (Lipinski definition) is 2. The Balaban J connectivity index is 1.90. The van der Waals surface area contributed by atoms with Gasteiger partial charge in [0.15, 0.2) is 0 Å². The third kappa shape index (κ3) is 4.18. The van der Waals surface area contributed by atoms with Crippen LogP contribution in [0.5, 0.6) is 0 Å². The number of carboxylic acid groups (broad SMARTS) is 1. The van der Waals surface area contributed by atoms with Crippen LogP contribution in [0, 0.1) is 20.8 Å². The molecule has 2 N–H and O–H groups in total. The van der Waals surface area contributed by atoms with Crippen molar-refractivity contribution in [3.63, 3.8) is 0 Å². The molecule has 0 aliphatic heterocycles. The summed E-state index contributed by atoms with van der Waals surface area (Å²) in [6.45, 7) is 8.00. The van der Waals surface area contributed by atoms with Gasteiger partial charge in [-0.3, -0.25) is 0 Å². The zero-order chi connectivity index (χ0) is 16.1. The molecule has 0 heterocycles. The van der Waals surface area contributed by atoms with E-state index in [0.29, 0.717) is 12.1 Å². The highest BCUT2D eigenvalue weighted by Gasteiger charge is 2.05. The van der Waals surface area contributed by atoms with Crippen LogP contribution < -0.4 is 5.32 Å². The highest BCUT2D eigenvalue weighted by molar-refractivity contribution is 5.87. The number of rotatable bonds is 6. The molecule has 0 aromatic heterocycles. The molecule has 0 aliphatic rings. The van der Waals surface area contributed by atoms with E-state index >= 15 is 0 Å². The number of benzene rings is 2. The maximum absolute atomic E-state index is 11.0. The smallest absolute Gasteiger partial charge is 0.335 e. The fourth-order valence-electron chi connectivity index (χ4n) is 2.86. The lowest BCUT2D eigenvalue weighted by atomic mass is 9.97. The van der Waals surface area contributed by atoms with Crippen molar-refractivity contribution in [2.75, 3.05) is 6.54 Å². The Kier molecular flexibility index (Phi) is 5.34. The van der Waals surface area contributed by atoms with Gasteiger partial charge in [-0.25, -0.2) is 4.79 Å². The molecule has 0 atom stereocenters. The molecule has 0 amide bonds. The minimum atomic E-state index is -0.882. The summed E-state index contributed by atoms with van der Waals surface area (Å²) >= 11 is 0. The maximum Gasteiger partial charge on any atom is 0.335 e. The van der Waals surface area contributed by atoms with Gasteiger partial charge in [-0.15, -0.1) is 0 Å². The molecule has 22 heavy (non-hydrogen) atoms. The lowest BCUT2D eigenvalue weighted by Crippen LogP contribution is -2.17. The second-order valence-electron chi connectivity index (χ2n) is 5.81. The van der Waals surface area contributed by atoms with Crippen LogP contribution in [0.15, 0.2) is 36.4 Å². The lowest BCUT2D eigenvalue weighted by Gasteiger charge is -2.12. The fraction of sp³-hybridized carbons (Fsp3) is 0.316. The summed E-state index contributed by atoms with van der Waals surface area (Å²) < 4.78 is 0. The Hall–Kier alpha value is -2.13. The monoisotopic (exact) mass is 297 g/mol. The summed E-state index contributed by atoms with van der Waals surface area (Å²) in [5, 5.41) is 12.4. The molecule has 0 aliphatic carbocycles. The van der Waals surface area contributed by atoms with Gasteiger partial charge in [0, 0.05) is 6.54 Å². The quantitative estimate of drug-likeness (QED) is 0.800. The first kappa shape index (κ1) is 16.2. The van der Waals surface area contributed by atoms with E-state index in [4.69, 9.17) is 5.11 Å². The van der Waals surface area contributed by atoms with E-state index in [1.807, 2.05) is 6.07 Å². The standard InChI is InChI=1S/C19H23NO2/c1-13-9-14(2)18(15(3)10-13)7-8-20-12-16-5-4-6-17(11-16)19(21)22/h4-6,9-11,20H,7-8,12H2,1-3H3,(H,21,22). The minimum absolute atomic E-state index is 0.338. The van der Waals surface area contributed by atoms with E-state index in [1.54, 1.807) is 18.2 Å². The predicted octanol–water partition coefficient (Wildman–Crippen LogP) is 3.64. The minimum Gasteiger partial charge on any atom is -0.478 e. The summed E-state index contributed by atoms with van der Waals surface area (Å²) in [5.41, 5.74) is 6.72. The molecule has 2 rings (SSSR count). The molecule has 0 bridgehead atoms. The van der Waals surface area contributed by atoms with Crippen molar-refractivity contribution < 1.29 is 9.90 Å². The Labute approximate surface area is 132 Å². The van der Waals surface area contributed by atoms with Crippen molar-refractivity contribution in [3.8, 4) is 0 Å². The summed E-state index contributed by atoms with van der Waals surface area (Å²) in [6, 6.07) is 11.5. The highest BCUT2D eigenvalue weighted by atomic mass is 16.4. The molecule has 0 unspecified atom stereocenters. The Morgan fingerprint density at radius 3 is 2.41 bits per heavy atom. The van der Waals surface area contributed by atoms with Crippen LogP contribution in [0.2, 0.25) is 0 Å². The van der Waals surface area contributed by atoms with Crippen molar-refractivity contribution in [3.05, 3.63) is 69.8 Å². The molecule has 0 fully saturated rings. The third-order valence-electron chi connectivity index (χ3n) is 3.90. The van der Waals surface area contributed by atoms with E-state index in [2.05, 4.69) is 38.2 Å². The summed E-state index contributed by atoms with van der Waals surface area (Å²) in [7, 11) is 0. The van der Waals surface area contributed by atoms with Gasteiger partial charge in [0.25, 0.3) is 0 Å². The number of nitrogens with one attached hydrogen (secondary N) is 1. The zero-order valence-corrected chi connectivity index (χ0v) is 13.4. The average molecular weight is 297 g/mol. The van der Waals surface area contributed by atoms with E-state index in [-0.39, 0.29) is 0 Å². The topological polar surface area (TPSA) is 49.3 Å². The van der Waals surface area contributed by atoms with Crippen LogP contribution in [0.3, 0.4) is 0 Å². The number of aromatic carboxylic acids is 1. The molecule has 2 aromatic rings. The second kappa shape index (κ2) is 7.23.